The predicted octanol–water partition coefficient (Wildman–Crippen LogP) is 3.58. The van der Waals surface area contributed by atoms with Crippen molar-refractivity contribution in [1.29, 1.82) is 0 Å². The van der Waals surface area contributed by atoms with Crippen molar-refractivity contribution in [1.82, 2.24) is 4.98 Å². The summed E-state index contributed by atoms with van der Waals surface area (Å²) in [5.41, 5.74) is 1.69. The van der Waals surface area contributed by atoms with Gasteiger partial charge in [0.05, 0.1) is 17.9 Å². The first-order valence-electron chi connectivity index (χ1n) is 5.61. The van der Waals surface area contributed by atoms with Crippen LogP contribution >= 0.6 is 11.6 Å². The molecule has 0 radical (unpaired) electrons. The molecule has 0 aliphatic rings. The number of nitrogens with zero attached hydrogens (tertiary/aromatic N) is 1. The second kappa shape index (κ2) is 5.65. The zero-order valence-corrected chi connectivity index (χ0v) is 10.6. The number of rotatable bonds is 3. The number of carbonyl (C=O) groups excluding carboxylic acids is 1. The molecule has 0 aliphatic carbocycles. The van der Waals surface area contributed by atoms with Gasteiger partial charge in [-0.15, -0.1) is 0 Å². The molecule has 92 valence electrons. The molecule has 0 saturated carbocycles. The van der Waals surface area contributed by atoms with E-state index in [1.54, 1.807) is 31.3 Å². The first-order chi connectivity index (χ1) is 8.74. The monoisotopic (exact) mass is 261 g/mol. The molecule has 0 bridgehead atoms. The fraction of sp³-hybridized carbons (Fsp3) is 0.143. The number of aromatic nitrogens is 1. The Morgan fingerprint density at radius 3 is 2.78 bits per heavy atom. The Balaban J connectivity index is 2.52. The third kappa shape index (κ3) is 2.51. The van der Waals surface area contributed by atoms with Crippen molar-refractivity contribution in [3.8, 4) is 11.3 Å². The molecule has 1 heterocycles. The highest BCUT2D eigenvalue weighted by Gasteiger charge is 2.16. The largest absolute Gasteiger partial charge is 0.462 e. The van der Waals surface area contributed by atoms with Gasteiger partial charge in [-0.2, -0.15) is 0 Å². The topological polar surface area (TPSA) is 39.2 Å². The predicted molar refractivity (Wildman–Crippen MR) is 70.6 cm³/mol. The van der Waals surface area contributed by atoms with Crippen LogP contribution in [0.5, 0.6) is 0 Å². The SMILES string of the molecule is CCOC(=O)c1cccnc1-c1ccccc1Cl. The van der Waals surface area contributed by atoms with Gasteiger partial charge in [-0.3, -0.25) is 4.98 Å². The van der Waals surface area contributed by atoms with Crippen molar-refractivity contribution in [3.05, 3.63) is 53.2 Å². The zero-order chi connectivity index (χ0) is 13.0. The van der Waals surface area contributed by atoms with Crippen LogP contribution in [0.1, 0.15) is 17.3 Å². The van der Waals surface area contributed by atoms with Crippen molar-refractivity contribution >= 4 is 17.6 Å². The van der Waals surface area contributed by atoms with Crippen molar-refractivity contribution in [2.75, 3.05) is 6.61 Å². The van der Waals surface area contributed by atoms with E-state index in [4.69, 9.17) is 16.3 Å². The van der Waals surface area contributed by atoms with Crippen LogP contribution in [0.25, 0.3) is 11.3 Å². The fourth-order valence-corrected chi connectivity index (χ4v) is 1.87. The molecule has 4 heteroatoms. The molecule has 3 nitrogen and oxygen atoms in total. The molecule has 0 saturated heterocycles. The molecular weight excluding hydrogens is 250 g/mol. The highest BCUT2D eigenvalue weighted by molar-refractivity contribution is 6.33. The average molecular weight is 262 g/mol. The van der Waals surface area contributed by atoms with Gasteiger partial charge in [0.15, 0.2) is 0 Å². The molecular formula is C14H12ClNO2. The van der Waals surface area contributed by atoms with Gasteiger partial charge in [0.1, 0.15) is 0 Å². The molecule has 1 aromatic carbocycles. The number of ether oxygens (including phenoxy) is 1. The van der Waals surface area contributed by atoms with Crippen LogP contribution in [-0.2, 0) is 4.74 Å². The summed E-state index contributed by atoms with van der Waals surface area (Å²) in [6.45, 7) is 2.10. The van der Waals surface area contributed by atoms with Crippen LogP contribution < -0.4 is 0 Å². The lowest BCUT2D eigenvalue weighted by atomic mass is 10.1. The maximum Gasteiger partial charge on any atom is 0.340 e. The summed E-state index contributed by atoms with van der Waals surface area (Å²) in [4.78, 5) is 16.1. The number of hydrogen-bond acceptors (Lipinski definition) is 3. The van der Waals surface area contributed by atoms with Gasteiger partial charge in [0.2, 0.25) is 0 Å². The molecule has 1 aromatic heterocycles. The molecule has 0 amide bonds. The summed E-state index contributed by atoms with van der Waals surface area (Å²) < 4.78 is 5.01. The van der Waals surface area contributed by atoms with E-state index in [1.807, 2.05) is 18.2 Å². The van der Waals surface area contributed by atoms with Gasteiger partial charge in [-0.05, 0) is 25.1 Å². The number of hydrogen-bond donors (Lipinski definition) is 0. The Morgan fingerprint density at radius 1 is 1.28 bits per heavy atom. The number of pyridine rings is 1. The normalized spacial score (nSPS) is 10.1. The second-order valence-electron chi connectivity index (χ2n) is 3.60. The highest BCUT2D eigenvalue weighted by Crippen LogP contribution is 2.28. The molecule has 0 fully saturated rings. The summed E-state index contributed by atoms with van der Waals surface area (Å²) in [5.74, 6) is -0.388. The molecule has 0 aliphatic heterocycles. The average Bonchev–Trinajstić information content (AvgIpc) is 2.40. The molecule has 0 unspecified atom stereocenters. The molecule has 0 N–H and O–H groups in total. The minimum Gasteiger partial charge on any atom is -0.462 e. The Labute approximate surface area is 110 Å². The Morgan fingerprint density at radius 2 is 2.06 bits per heavy atom. The number of benzene rings is 1. The van der Waals surface area contributed by atoms with Crippen LogP contribution in [0.2, 0.25) is 5.02 Å². The summed E-state index contributed by atoms with van der Waals surface area (Å²) in [5, 5.41) is 0.557. The Bertz CT molecular complexity index is 569. The first-order valence-corrected chi connectivity index (χ1v) is 5.99. The minimum atomic E-state index is -0.388. The van der Waals surface area contributed by atoms with Gasteiger partial charge in [-0.1, -0.05) is 29.8 Å². The van der Waals surface area contributed by atoms with Gasteiger partial charge >= 0.3 is 5.97 Å². The smallest absolute Gasteiger partial charge is 0.340 e. The lowest BCUT2D eigenvalue weighted by Crippen LogP contribution is -2.07. The van der Waals surface area contributed by atoms with E-state index in [1.165, 1.54) is 0 Å². The van der Waals surface area contributed by atoms with Crippen LogP contribution in [-0.4, -0.2) is 17.6 Å². The van der Waals surface area contributed by atoms with Crippen LogP contribution in [0.15, 0.2) is 42.6 Å². The van der Waals surface area contributed by atoms with Gasteiger partial charge in [0.25, 0.3) is 0 Å². The van der Waals surface area contributed by atoms with Gasteiger partial charge in [0, 0.05) is 16.8 Å². The van der Waals surface area contributed by atoms with Crippen molar-refractivity contribution in [2.45, 2.75) is 6.92 Å². The van der Waals surface area contributed by atoms with E-state index in [0.29, 0.717) is 22.9 Å². The maximum absolute atomic E-state index is 11.8. The van der Waals surface area contributed by atoms with E-state index in [9.17, 15) is 4.79 Å². The van der Waals surface area contributed by atoms with E-state index in [-0.39, 0.29) is 5.97 Å². The Kier molecular flexibility index (Phi) is 3.95. The lowest BCUT2D eigenvalue weighted by molar-refractivity contribution is 0.0527. The molecule has 2 rings (SSSR count). The van der Waals surface area contributed by atoms with Crippen LogP contribution in [0, 0.1) is 0 Å². The summed E-state index contributed by atoms with van der Waals surface area (Å²) >= 11 is 6.12. The summed E-state index contributed by atoms with van der Waals surface area (Å²) in [6, 6.07) is 10.7. The second-order valence-corrected chi connectivity index (χ2v) is 4.01. The van der Waals surface area contributed by atoms with E-state index >= 15 is 0 Å². The van der Waals surface area contributed by atoms with Crippen LogP contribution in [0.3, 0.4) is 0 Å². The molecule has 0 atom stereocenters. The van der Waals surface area contributed by atoms with Gasteiger partial charge in [-0.25, -0.2) is 4.79 Å². The highest BCUT2D eigenvalue weighted by atomic mass is 35.5. The Hall–Kier alpha value is -1.87. The van der Waals surface area contributed by atoms with E-state index in [0.717, 1.165) is 5.56 Å². The standard InChI is InChI=1S/C14H12ClNO2/c1-2-18-14(17)11-7-5-9-16-13(11)10-6-3-4-8-12(10)15/h3-9H,2H2,1H3. The quantitative estimate of drug-likeness (QED) is 0.793. The third-order valence-electron chi connectivity index (χ3n) is 2.43. The number of carbonyl (C=O) groups is 1. The first kappa shape index (κ1) is 12.6. The zero-order valence-electron chi connectivity index (χ0n) is 9.89. The van der Waals surface area contributed by atoms with E-state index < -0.39 is 0 Å². The summed E-state index contributed by atoms with van der Waals surface area (Å²) in [7, 11) is 0. The number of esters is 1. The minimum absolute atomic E-state index is 0.329. The molecule has 18 heavy (non-hydrogen) atoms. The summed E-state index contributed by atoms with van der Waals surface area (Å²) in [6.07, 6.45) is 1.63. The van der Waals surface area contributed by atoms with Crippen molar-refractivity contribution in [3.63, 3.8) is 0 Å². The molecule has 2 aromatic rings. The van der Waals surface area contributed by atoms with Crippen LogP contribution in [0.4, 0.5) is 0 Å². The fourth-order valence-electron chi connectivity index (χ4n) is 1.65. The molecule has 0 spiro atoms. The van der Waals surface area contributed by atoms with Gasteiger partial charge < -0.3 is 4.74 Å². The number of halogens is 1. The van der Waals surface area contributed by atoms with Crippen molar-refractivity contribution in [2.24, 2.45) is 0 Å². The third-order valence-corrected chi connectivity index (χ3v) is 2.76. The van der Waals surface area contributed by atoms with Crippen molar-refractivity contribution < 1.29 is 9.53 Å². The van der Waals surface area contributed by atoms with E-state index in [2.05, 4.69) is 4.98 Å². The maximum atomic E-state index is 11.8. The lowest BCUT2D eigenvalue weighted by Gasteiger charge is -2.08.